The van der Waals surface area contributed by atoms with Crippen molar-refractivity contribution in [2.24, 2.45) is 5.41 Å². The summed E-state index contributed by atoms with van der Waals surface area (Å²) in [5, 5.41) is 3.27. The molecule has 1 unspecified atom stereocenters. The summed E-state index contributed by atoms with van der Waals surface area (Å²) < 4.78 is 4.95. The van der Waals surface area contributed by atoms with Gasteiger partial charge in [0.2, 0.25) is 0 Å². The number of pyridine rings is 1. The number of ether oxygens (including phenoxy) is 1. The second-order valence-corrected chi connectivity index (χ2v) is 5.23. The van der Waals surface area contributed by atoms with Crippen molar-refractivity contribution < 1.29 is 9.53 Å². The van der Waals surface area contributed by atoms with Gasteiger partial charge in [0.15, 0.2) is 0 Å². The van der Waals surface area contributed by atoms with Crippen LogP contribution in [-0.2, 0) is 4.74 Å². The molecule has 5 heteroatoms. The monoisotopic (exact) mass is 249 g/mol. The van der Waals surface area contributed by atoms with E-state index in [1.807, 2.05) is 0 Å². The number of nitrogens with zero attached hydrogens (tertiary/aromatic N) is 1. The van der Waals surface area contributed by atoms with Gasteiger partial charge in [0.25, 0.3) is 0 Å². The quantitative estimate of drug-likeness (QED) is 0.798. The van der Waals surface area contributed by atoms with Gasteiger partial charge in [0.1, 0.15) is 5.82 Å². The molecule has 1 saturated carbocycles. The zero-order chi connectivity index (χ0) is 13.3. The van der Waals surface area contributed by atoms with Gasteiger partial charge in [-0.3, -0.25) is 0 Å². The van der Waals surface area contributed by atoms with Crippen molar-refractivity contribution in [3.63, 3.8) is 0 Å². The number of hydrogen-bond acceptors (Lipinski definition) is 5. The normalized spacial score (nSPS) is 20.3. The molecular formula is C13H19N3O2. The van der Waals surface area contributed by atoms with E-state index in [-0.39, 0.29) is 5.41 Å². The maximum atomic E-state index is 11.7. The average molecular weight is 249 g/mol. The number of carbonyl (C=O) groups excluding carboxylic acids is 1. The fourth-order valence-corrected chi connectivity index (χ4v) is 1.85. The van der Waals surface area contributed by atoms with Crippen molar-refractivity contribution in [3.05, 3.63) is 17.8 Å². The number of nitrogens with one attached hydrogen (secondary N) is 1. The topological polar surface area (TPSA) is 77.2 Å². The van der Waals surface area contributed by atoms with Crippen molar-refractivity contribution in [2.45, 2.75) is 33.2 Å². The van der Waals surface area contributed by atoms with Crippen LogP contribution >= 0.6 is 0 Å². The van der Waals surface area contributed by atoms with Crippen LogP contribution in [0.4, 0.5) is 11.5 Å². The van der Waals surface area contributed by atoms with E-state index in [9.17, 15) is 4.79 Å². The molecule has 0 radical (unpaired) electrons. The minimum atomic E-state index is -0.407. The largest absolute Gasteiger partial charge is 0.462 e. The summed E-state index contributed by atoms with van der Waals surface area (Å²) in [5.74, 6) is 0.159. The van der Waals surface area contributed by atoms with E-state index in [0.29, 0.717) is 29.7 Å². The first-order valence-corrected chi connectivity index (χ1v) is 6.14. The number of esters is 1. The molecule has 1 heterocycles. The molecule has 18 heavy (non-hydrogen) atoms. The number of hydrogen-bond donors (Lipinski definition) is 2. The molecule has 0 bridgehead atoms. The SMILES string of the molecule is CCOC(=O)c1ccnc(NC2CC2(C)C)c1N. The molecule has 0 aliphatic heterocycles. The zero-order valence-electron chi connectivity index (χ0n) is 11.0. The van der Waals surface area contributed by atoms with Gasteiger partial charge in [-0.25, -0.2) is 9.78 Å². The lowest BCUT2D eigenvalue weighted by molar-refractivity contribution is 0.0527. The third kappa shape index (κ3) is 2.39. The number of nitrogens with two attached hydrogens (primary N) is 1. The smallest absolute Gasteiger partial charge is 0.340 e. The highest BCUT2D eigenvalue weighted by molar-refractivity contribution is 5.97. The molecule has 2 rings (SSSR count). The third-order valence-electron chi connectivity index (χ3n) is 3.31. The first-order valence-electron chi connectivity index (χ1n) is 6.14. The van der Waals surface area contributed by atoms with Crippen LogP contribution in [0.5, 0.6) is 0 Å². The Bertz CT molecular complexity index is 471. The lowest BCUT2D eigenvalue weighted by Gasteiger charge is -2.12. The highest BCUT2D eigenvalue weighted by Crippen LogP contribution is 2.46. The maximum Gasteiger partial charge on any atom is 0.340 e. The summed E-state index contributed by atoms with van der Waals surface area (Å²) in [7, 11) is 0. The van der Waals surface area contributed by atoms with Crippen LogP contribution in [0.1, 0.15) is 37.6 Å². The van der Waals surface area contributed by atoms with Gasteiger partial charge in [0, 0.05) is 12.2 Å². The molecule has 1 aromatic rings. The van der Waals surface area contributed by atoms with Crippen LogP contribution in [0.3, 0.4) is 0 Å². The van der Waals surface area contributed by atoms with Crippen molar-refractivity contribution in [1.29, 1.82) is 0 Å². The van der Waals surface area contributed by atoms with Crippen LogP contribution in [0.2, 0.25) is 0 Å². The summed E-state index contributed by atoms with van der Waals surface area (Å²) in [6, 6.07) is 1.95. The van der Waals surface area contributed by atoms with Crippen LogP contribution in [0.25, 0.3) is 0 Å². The highest BCUT2D eigenvalue weighted by Gasteiger charge is 2.46. The molecule has 3 N–H and O–H groups in total. The fraction of sp³-hybridized carbons (Fsp3) is 0.538. The third-order valence-corrected chi connectivity index (χ3v) is 3.31. The van der Waals surface area contributed by atoms with Gasteiger partial charge >= 0.3 is 5.97 Å². The first kappa shape index (κ1) is 12.7. The van der Waals surface area contributed by atoms with E-state index in [1.54, 1.807) is 19.2 Å². The van der Waals surface area contributed by atoms with Gasteiger partial charge in [-0.05, 0) is 24.8 Å². The predicted octanol–water partition coefficient (Wildman–Crippen LogP) is 2.05. The molecule has 98 valence electrons. The molecule has 1 aromatic heterocycles. The van der Waals surface area contributed by atoms with E-state index >= 15 is 0 Å². The zero-order valence-corrected chi connectivity index (χ0v) is 11.0. The Balaban J connectivity index is 2.17. The lowest BCUT2D eigenvalue weighted by atomic mass is 10.2. The molecule has 1 atom stereocenters. The Kier molecular flexibility index (Phi) is 3.15. The summed E-state index contributed by atoms with van der Waals surface area (Å²) >= 11 is 0. The van der Waals surface area contributed by atoms with E-state index in [4.69, 9.17) is 10.5 Å². The average Bonchev–Trinajstić information content (AvgIpc) is 2.89. The van der Waals surface area contributed by atoms with E-state index in [0.717, 1.165) is 6.42 Å². The number of aromatic nitrogens is 1. The number of carbonyl (C=O) groups is 1. The van der Waals surface area contributed by atoms with Crippen LogP contribution < -0.4 is 11.1 Å². The van der Waals surface area contributed by atoms with E-state index in [1.165, 1.54) is 0 Å². The van der Waals surface area contributed by atoms with E-state index < -0.39 is 5.97 Å². The minimum absolute atomic E-state index is 0.272. The number of anilines is 2. The number of rotatable bonds is 4. The van der Waals surface area contributed by atoms with Gasteiger partial charge in [-0.15, -0.1) is 0 Å². The van der Waals surface area contributed by atoms with Gasteiger partial charge in [0.05, 0.1) is 17.9 Å². The second-order valence-electron chi connectivity index (χ2n) is 5.23. The van der Waals surface area contributed by atoms with E-state index in [2.05, 4.69) is 24.1 Å². The fourth-order valence-electron chi connectivity index (χ4n) is 1.85. The van der Waals surface area contributed by atoms with Gasteiger partial charge in [-0.2, -0.15) is 0 Å². The summed E-state index contributed by atoms with van der Waals surface area (Å²) in [4.78, 5) is 15.9. The maximum absolute atomic E-state index is 11.7. The van der Waals surface area contributed by atoms with Crippen molar-refractivity contribution in [3.8, 4) is 0 Å². The Morgan fingerprint density at radius 3 is 2.89 bits per heavy atom. The second kappa shape index (κ2) is 4.48. The first-order chi connectivity index (χ1) is 8.45. The minimum Gasteiger partial charge on any atom is -0.462 e. The van der Waals surface area contributed by atoms with Crippen molar-refractivity contribution in [2.75, 3.05) is 17.7 Å². The van der Waals surface area contributed by atoms with Gasteiger partial charge < -0.3 is 15.8 Å². The lowest BCUT2D eigenvalue weighted by Crippen LogP contribution is -2.15. The number of nitrogen functional groups attached to an aromatic ring is 1. The Labute approximate surface area is 107 Å². The molecule has 1 aliphatic rings. The molecule has 0 saturated heterocycles. The molecular weight excluding hydrogens is 230 g/mol. The molecule has 0 amide bonds. The highest BCUT2D eigenvalue weighted by atomic mass is 16.5. The molecule has 1 aliphatic carbocycles. The summed E-state index contributed by atoms with van der Waals surface area (Å²) in [6.45, 7) is 6.45. The van der Waals surface area contributed by atoms with Crippen LogP contribution in [-0.4, -0.2) is 23.6 Å². The molecule has 1 fully saturated rings. The Hall–Kier alpha value is -1.78. The van der Waals surface area contributed by atoms with Crippen LogP contribution in [0.15, 0.2) is 12.3 Å². The Morgan fingerprint density at radius 1 is 1.67 bits per heavy atom. The molecule has 5 nitrogen and oxygen atoms in total. The molecule has 0 aromatic carbocycles. The van der Waals surface area contributed by atoms with Gasteiger partial charge in [-0.1, -0.05) is 13.8 Å². The Morgan fingerprint density at radius 2 is 2.33 bits per heavy atom. The summed E-state index contributed by atoms with van der Waals surface area (Å²) in [6.07, 6.45) is 2.65. The predicted molar refractivity (Wildman–Crippen MR) is 70.4 cm³/mol. The molecule has 0 spiro atoms. The van der Waals surface area contributed by atoms with Crippen molar-refractivity contribution in [1.82, 2.24) is 4.98 Å². The summed E-state index contributed by atoms with van der Waals surface area (Å²) in [5.41, 5.74) is 6.95. The standard InChI is InChI=1S/C13H19N3O2/c1-4-18-12(17)8-5-6-15-11(10(8)14)16-9-7-13(9,2)3/h5-6,9H,4,7,14H2,1-3H3,(H,15,16). The van der Waals surface area contributed by atoms with Crippen LogP contribution in [0, 0.1) is 5.41 Å². The van der Waals surface area contributed by atoms with Crippen molar-refractivity contribution >= 4 is 17.5 Å².